The summed E-state index contributed by atoms with van der Waals surface area (Å²) < 4.78 is 62.6. The molecule has 3 saturated heterocycles. The zero-order valence-corrected chi connectivity index (χ0v) is 40.7. The number of likely N-dealkylation sites (tertiary alicyclic amines) is 1. The standard InChI is InChI=1S/C51H60N8O10S/c1-29(2)66-25-32-26-67-43-22-34(21-39(59(61)62)45(43)54-32)70(63,64)47-38(12-11-36(48(52)60)46(47)58-40-20-31-13-16-53-49(31)55-50(40)69-44-28-65-27-41(44)58)56-18-14-51(15-19-56)23-33(24-51)57-17-7-9-37(57)35-8-5-6-10-42(35)68-30(3)4/h5-6,8,10-13,16,20-22,29-30,32-33,37,41,44,54H,7,9,14-15,17-19,23-28H2,1-4H3,(H2,52,60)(H,53,55)/t32-,37-,41+,44+/m0/s1. The van der Waals surface area contributed by atoms with Crippen LogP contribution >= 0.6 is 0 Å². The number of nitrogens with zero attached hydrogens (tertiary/aromatic N) is 5. The van der Waals surface area contributed by atoms with Crippen molar-refractivity contribution in [3.05, 3.63) is 88.1 Å². The van der Waals surface area contributed by atoms with Crippen molar-refractivity contribution in [2.45, 2.75) is 118 Å². The molecule has 370 valence electrons. The number of nitro benzene ring substituents is 1. The van der Waals surface area contributed by atoms with E-state index in [9.17, 15) is 14.9 Å². The maximum absolute atomic E-state index is 16.0. The predicted octanol–water partition coefficient (Wildman–Crippen LogP) is 7.67. The van der Waals surface area contributed by atoms with Crippen LogP contribution in [0.2, 0.25) is 0 Å². The summed E-state index contributed by atoms with van der Waals surface area (Å²) in [4.78, 5) is 40.0. The molecule has 4 N–H and O–H groups in total. The van der Waals surface area contributed by atoms with Crippen LogP contribution in [0.4, 0.5) is 28.4 Å². The number of hydrogen-bond donors (Lipinski definition) is 3. The van der Waals surface area contributed by atoms with E-state index in [1.807, 2.05) is 32.0 Å². The van der Waals surface area contributed by atoms with Crippen molar-refractivity contribution in [3.63, 3.8) is 0 Å². The molecule has 70 heavy (non-hydrogen) atoms. The maximum Gasteiger partial charge on any atom is 0.297 e. The fraction of sp³-hybridized carbons (Fsp3) is 0.490. The SMILES string of the molecule is CC(C)OC[C@H]1COc2cc(S(=O)(=O)c3c(N4CCC5(CC4)CC(N4CCC[C@H]4c4ccccc4OC(C)C)C5)ccc(C(N)=O)c3N3c4cc5cc[nH]c5nc4O[C@@H]4COC[C@H]43)cc([N+](=O)[O-])c2N1. The molecule has 1 spiro atoms. The first-order valence-electron chi connectivity index (χ1n) is 24.5. The van der Waals surface area contributed by atoms with Crippen molar-refractivity contribution in [2.75, 3.05) is 61.2 Å². The fourth-order valence-corrected chi connectivity index (χ4v) is 13.5. The summed E-state index contributed by atoms with van der Waals surface area (Å²) in [5, 5.41) is 16.8. The minimum absolute atomic E-state index is 0.0124. The van der Waals surface area contributed by atoms with E-state index in [2.05, 4.69) is 52.1 Å². The fourth-order valence-electron chi connectivity index (χ4n) is 11.8. The molecule has 1 amide bonds. The highest BCUT2D eigenvalue weighted by Gasteiger charge is 2.51. The molecule has 18 nitrogen and oxygen atoms in total. The molecular weight excluding hydrogens is 917 g/mol. The number of piperidine rings is 1. The number of nitrogens with two attached hydrogens (primary N) is 1. The Hall–Kier alpha value is -6.15. The number of nitrogens with one attached hydrogen (secondary N) is 2. The van der Waals surface area contributed by atoms with Crippen molar-refractivity contribution in [1.29, 1.82) is 0 Å². The number of primary amides is 1. The number of H-pyrrole nitrogens is 1. The van der Waals surface area contributed by atoms with Crippen LogP contribution in [0, 0.1) is 15.5 Å². The number of para-hydroxylation sites is 1. The van der Waals surface area contributed by atoms with Gasteiger partial charge in [-0.1, -0.05) is 18.2 Å². The molecule has 1 aliphatic carbocycles. The van der Waals surface area contributed by atoms with Gasteiger partial charge in [0, 0.05) is 54.5 Å². The van der Waals surface area contributed by atoms with Gasteiger partial charge < -0.3 is 49.5 Å². The van der Waals surface area contributed by atoms with Crippen LogP contribution in [0.25, 0.3) is 11.0 Å². The van der Waals surface area contributed by atoms with Gasteiger partial charge in [0.25, 0.3) is 11.6 Å². The molecule has 7 heterocycles. The molecule has 0 bridgehead atoms. The summed E-state index contributed by atoms with van der Waals surface area (Å²) in [7, 11) is -4.78. The lowest BCUT2D eigenvalue weighted by Crippen LogP contribution is -2.55. The maximum atomic E-state index is 16.0. The number of ether oxygens (including phenoxy) is 5. The number of rotatable bonds is 13. The van der Waals surface area contributed by atoms with Gasteiger partial charge in [-0.05, 0) is 109 Å². The number of aromatic nitrogens is 2. The number of benzene rings is 3. The van der Waals surface area contributed by atoms with Gasteiger partial charge in [0.05, 0.1) is 70.9 Å². The Morgan fingerprint density at radius 3 is 2.56 bits per heavy atom. The van der Waals surface area contributed by atoms with Crippen LogP contribution in [0.1, 0.15) is 88.2 Å². The predicted molar refractivity (Wildman–Crippen MR) is 263 cm³/mol. The van der Waals surface area contributed by atoms with Gasteiger partial charge >= 0.3 is 0 Å². The zero-order valence-electron chi connectivity index (χ0n) is 39.9. The van der Waals surface area contributed by atoms with Gasteiger partial charge in [-0.2, -0.15) is 4.98 Å². The van der Waals surface area contributed by atoms with Crippen LogP contribution in [0.5, 0.6) is 17.4 Å². The number of anilines is 4. The lowest BCUT2D eigenvalue weighted by molar-refractivity contribution is -0.384. The van der Waals surface area contributed by atoms with Gasteiger partial charge in [-0.25, -0.2) is 8.42 Å². The molecule has 6 aliphatic rings. The smallest absolute Gasteiger partial charge is 0.297 e. The van der Waals surface area contributed by atoms with E-state index in [1.54, 1.807) is 23.2 Å². The third kappa shape index (κ3) is 8.13. The van der Waals surface area contributed by atoms with Crippen molar-refractivity contribution in [1.82, 2.24) is 14.9 Å². The Balaban J connectivity index is 0.986. The van der Waals surface area contributed by atoms with Crippen LogP contribution in [0.3, 0.4) is 0 Å². The van der Waals surface area contributed by atoms with E-state index in [0.29, 0.717) is 36.2 Å². The highest BCUT2D eigenvalue weighted by Crippen LogP contribution is 2.56. The number of carbonyl (C=O) groups is 1. The van der Waals surface area contributed by atoms with E-state index in [1.165, 1.54) is 11.6 Å². The van der Waals surface area contributed by atoms with Crippen molar-refractivity contribution in [3.8, 4) is 17.4 Å². The monoisotopic (exact) mass is 976 g/mol. The van der Waals surface area contributed by atoms with Crippen molar-refractivity contribution < 1.29 is 41.8 Å². The molecule has 19 heteroatoms. The highest BCUT2D eigenvalue weighted by molar-refractivity contribution is 7.91. The van der Waals surface area contributed by atoms with Crippen LogP contribution in [0.15, 0.2) is 76.7 Å². The normalized spacial score (nSPS) is 23.1. The first-order chi connectivity index (χ1) is 33.7. The van der Waals surface area contributed by atoms with Crippen LogP contribution in [-0.2, 0) is 19.3 Å². The Kier molecular flexibility index (Phi) is 11.8. The van der Waals surface area contributed by atoms with E-state index < -0.39 is 44.5 Å². The molecule has 5 aromatic rings. The molecule has 3 aromatic carbocycles. The summed E-state index contributed by atoms with van der Waals surface area (Å²) in [5.74, 6) is 0.331. The molecule has 1 saturated carbocycles. The van der Waals surface area contributed by atoms with Gasteiger partial charge in [0.15, 0.2) is 11.4 Å². The molecule has 4 atom stereocenters. The second-order valence-corrected chi connectivity index (χ2v) is 22.2. The van der Waals surface area contributed by atoms with Gasteiger partial charge in [0.1, 0.15) is 34.7 Å². The minimum Gasteiger partial charge on any atom is -0.491 e. The molecular formula is C51H60N8O10S. The topological polar surface area (TPSA) is 217 Å². The van der Waals surface area contributed by atoms with E-state index in [-0.39, 0.29) is 88.5 Å². The largest absolute Gasteiger partial charge is 0.491 e. The summed E-state index contributed by atoms with van der Waals surface area (Å²) in [5.41, 5.74) is 8.47. The van der Waals surface area contributed by atoms with Gasteiger partial charge in [-0.15, -0.1) is 0 Å². The number of fused-ring (bicyclic) bond motifs is 4. The second kappa shape index (κ2) is 17.9. The van der Waals surface area contributed by atoms with Gasteiger partial charge in [0.2, 0.25) is 15.7 Å². The number of sulfone groups is 1. The Labute approximate surface area is 406 Å². The number of pyridine rings is 1. The molecule has 4 fully saturated rings. The lowest BCUT2D eigenvalue weighted by atomic mass is 9.60. The Morgan fingerprint density at radius 2 is 1.80 bits per heavy atom. The molecule has 0 radical (unpaired) electrons. The van der Waals surface area contributed by atoms with E-state index in [4.69, 9.17) is 34.4 Å². The lowest BCUT2D eigenvalue weighted by Gasteiger charge is -2.56. The number of amides is 1. The van der Waals surface area contributed by atoms with Crippen molar-refractivity contribution in [2.24, 2.45) is 11.1 Å². The Bertz CT molecular complexity index is 2960. The average Bonchev–Trinajstić information content (AvgIpc) is 4.12. The van der Waals surface area contributed by atoms with Gasteiger partial charge in [-0.3, -0.25) is 19.8 Å². The second-order valence-electron chi connectivity index (χ2n) is 20.3. The number of hydrogen-bond acceptors (Lipinski definition) is 15. The first-order valence-corrected chi connectivity index (χ1v) is 26.0. The summed E-state index contributed by atoms with van der Waals surface area (Å²) in [6.45, 7) is 10.6. The number of nitro groups is 1. The van der Waals surface area contributed by atoms with E-state index >= 15 is 8.42 Å². The third-order valence-electron chi connectivity index (χ3n) is 15.1. The average molecular weight is 977 g/mol. The van der Waals surface area contributed by atoms with E-state index in [0.717, 1.165) is 62.3 Å². The highest BCUT2D eigenvalue weighted by atomic mass is 32.2. The molecule has 0 unspecified atom stereocenters. The minimum atomic E-state index is -4.78. The third-order valence-corrected chi connectivity index (χ3v) is 16.9. The van der Waals surface area contributed by atoms with Crippen LogP contribution in [-0.4, -0.2) is 117 Å². The number of carbonyl (C=O) groups excluding carboxylic acids is 1. The van der Waals surface area contributed by atoms with Crippen LogP contribution < -0.4 is 35.1 Å². The first kappa shape index (κ1) is 46.2. The molecule has 2 aromatic heterocycles. The molecule has 5 aliphatic heterocycles. The summed E-state index contributed by atoms with van der Waals surface area (Å²) >= 11 is 0. The quantitative estimate of drug-likeness (QED) is 0.0762. The summed E-state index contributed by atoms with van der Waals surface area (Å²) in [6, 6.07) is 17.4. The van der Waals surface area contributed by atoms with Crippen molar-refractivity contribution >= 4 is 55.2 Å². The zero-order chi connectivity index (χ0) is 48.6. The molecule has 11 rings (SSSR count). The summed E-state index contributed by atoms with van der Waals surface area (Å²) in [6.07, 6.45) is 7.06. The number of aromatic amines is 1. The Morgan fingerprint density at radius 1 is 1.00 bits per heavy atom.